The van der Waals surface area contributed by atoms with Gasteiger partial charge in [0, 0.05) is 19.0 Å². The number of benzene rings is 3. The Balaban J connectivity index is 1.66. The van der Waals surface area contributed by atoms with Gasteiger partial charge in [-0.25, -0.2) is 0 Å². The Hall–Kier alpha value is -2.03. The third kappa shape index (κ3) is 3.00. The lowest BCUT2D eigenvalue weighted by molar-refractivity contribution is 0.315. The molecule has 1 saturated heterocycles. The van der Waals surface area contributed by atoms with E-state index in [0.717, 1.165) is 19.0 Å². The zero-order valence-electron chi connectivity index (χ0n) is 13.6. The van der Waals surface area contributed by atoms with E-state index in [1.807, 2.05) is 11.8 Å². The Morgan fingerprint density at radius 1 is 0.708 bits per heavy atom. The van der Waals surface area contributed by atoms with Gasteiger partial charge in [-0.05, 0) is 16.7 Å². The molecule has 1 nitrogen and oxygen atoms in total. The molecule has 4 rings (SSSR count). The lowest BCUT2D eigenvalue weighted by Gasteiger charge is -2.30. The van der Waals surface area contributed by atoms with Crippen molar-refractivity contribution in [2.75, 3.05) is 12.4 Å². The van der Waals surface area contributed by atoms with Crippen LogP contribution in [-0.4, -0.2) is 17.3 Å². The standard InChI is InChI=1S/C22H21NS/c1-4-10-19(11-5-1)16-23-17-22(24-18-23,20-12-6-2-7-13-20)21-14-8-3-9-15-21/h1-15H,16-18H2. The average molecular weight is 331 g/mol. The molecule has 2 heteroatoms. The molecule has 0 aromatic heterocycles. The highest BCUT2D eigenvalue weighted by Gasteiger charge is 2.41. The monoisotopic (exact) mass is 331 g/mol. The van der Waals surface area contributed by atoms with Crippen molar-refractivity contribution in [1.29, 1.82) is 0 Å². The molecule has 0 amide bonds. The molecule has 0 unspecified atom stereocenters. The van der Waals surface area contributed by atoms with Crippen LogP contribution in [0, 0.1) is 0 Å². The summed E-state index contributed by atoms with van der Waals surface area (Å²) in [4.78, 5) is 2.56. The van der Waals surface area contributed by atoms with Gasteiger partial charge in [0.1, 0.15) is 0 Å². The second-order valence-corrected chi connectivity index (χ2v) is 7.55. The van der Waals surface area contributed by atoms with Crippen LogP contribution in [0.1, 0.15) is 16.7 Å². The first-order chi connectivity index (χ1) is 11.9. The van der Waals surface area contributed by atoms with Gasteiger partial charge >= 0.3 is 0 Å². The van der Waals surface area contributed by atoms with Gasteiger partial charge in [-0.3, -0.25) is 4.90 Å². The maximum absolute atomic E-state index is 2.56. The zero-order valence-corrected chi connectivity index (χ0v) is 14.5. The minimum absolute atomic E-state index is 0.0251. The summed E-state index contributed by atoms with van der Waals surface area (Å²) in [6, 6.07) is 32.7. The molecule has 1 aliphatic rings. The molecule has 0 aliphatic carbocycles. The van der Waals surface area contributed by atoms with Crippen molar-refractivity contribution < 1.29 is 0 Å². The molecular formula is C22H21NS. The lowest BCUT2D eigenvalue weighted by Crippen LogP contribution is -2.30. The summed E-state index contributed by atoms with van der Waals surface area (Å²) in [5, 5.41) is 0. The second-order valence-electron chi connectivity index (χ2n) is 6.31. The number of thioether (sulfide) groups is 1. The van der Waals surface area contributed by atoms with E-state index in [4.69, 9.17) is 0 Å². The minimum Gasteiger partial charge on any atom is -0.288 e. The summed E-state index contributed by atoms with van der Waals surface area (Å²) in [7, 11) is 0. The Labute approximate surface area is 148 Å². The van der Waals surface area contributed by atoms with Crippen LogP contribution in [0.25, 0.3) is 0 Å². The summed E-state index contributed by atoms with van der Waals surface area (Å²) < 4.78 is 0.0251. The largest absolute Gasteiger partial charge is 0.288 e. The van der Waals surface area contributed by atoms with E-state index in [1.54, 1.807) is 0 Å². The van der Waals surface area contributed by atoms with E-state index >= 15 is 0 Å². The van der Waals surface area contributed by atoms with Gasteiger partial charge in [-0.15, -0.1) is 11.8 Å². The van der Waals surface area contributed by atoms with Crippen molar-refractivity contribution in [2.24, 2.45) is 0 Å². The molecule has 0 radical (unpaired) electrons. The fourth-order valence-electron chi connectivity index (χ4n) is 3.48. The normalized spacial score (nSPS) is 17.0. The second kappa shape index (κ2) is 6.84. The maximum atomic E-state index is 2.56. The molecule has 120 valence electrons. The highest BCUT2D eigenvalue weighted by molar-refractivity contribution is 8.00. The molecule has 0 saturated carbocycles. The van der Waals surface area contributed by atoms with Crippen LogP contribution in [0.5, 0.6) is 0 Å². The first kappa shape index (κ1) is 15.5. The van der Waals surface area contributed by atoms with E-state index in [-0.39, 0.29) is 4.75 Å². The zero-order chi connectivity index (χ0) is 16.2. The van der Waals surface area contributed by atoms with Crippen LogP contribution < -0.4 is 0 Å². The van der Waals surface area contributed by atoms with Crippen molar-refractivity contribution in [3.05, 3.63) is 108 Å². The number of nitrogens with zero attached hydrogens (tertiary/aromatic N) is 1. The first-order valence-corrected chi connectivity index (χ1v) is 9.37. The Morgan fingerprint density at radius 2 is 1.21 bits per heavy atom. The first-order valence-electron chi connectivity index (χ1n) is 8.38. The van der Waals surface area contributed by atoms with Crippen molar-refractivity contribution >= 4 is 11.8 Å². The van der Waals surface area contributed by atoms with Crippen LogP contribution in [0.15, 0.2) is 91.0 Å². The maximum Gasteiger partial charge on any atom is 0.0797 e. The summed E-state index contributed by atoms with van der Waals surface area (Å²) in [5.41, 5.74) is 4.18. The quantitative estimate of drug-likeness (QED) is 0.651. The van der Waals surface area contributed by atoms with E-state index < -0.39 is 0 Å². The summed E-state index contributed by atoms with van der Waals surface area (Å²) in [5.74, 6) is 1.05. The van der Waals surface area contributed by atoms with Crippen molar-refractivity contribution in [3.63, 3.8) is 0 Å². The van der Waals surface area contributed by atoms with Crippen LogP contribution >= 0.6 is 11.8 Å². The third-order valence-electron chi connectivity index (χ3n) is 4.67. The molecule has 1 heterocycles. The average Bonchev–Trinajstić information content (AvgIpc) is 3.09. The fourth-order valence-corrected chi connectivity index (χ4v) is 4.95. The Morgan fingerprint density at radius 3 is 1.75 bits per heavy atom. The SMILES string of the molecule is c1ccc(CN2CSC(c3ccccc3)(c3ccccc3)C2)cc1. The Bertz CT molecular complexity index is 731. The number of rotatable bonds is 4. The van der Waals surface area contributed by atoms with Crippen molar-refractivity contribution in [3.8, 4) is 0 Å². The molecule has 3 aromatic carbocycles. The predicted octanol–water partition coefficient (Wildman–Crippen LogP) is 5.14. The van der Waals surface area contributed by atoms with E-state index in [9.17, 15) is 0 Å². The van der Waals surface area contributed by atoms with Crippen LogP contribution in [-0.2, 0) is 11.3 Å². The molecule has 0 atom stereocenters. The smallest absolute Gasteiger partial charge is 0.0797 e. The molecular weight excluding hydrogens is 310 g/mol. The summed E-state index contributed by atoms with van der Waals surface area (Å²) in [6.07, 6.45) is 0. The third-order valence-corrected chi connectivity index (χ3v) is 6.26. The minimum atomic E-state index is 0.0251. The number of hydrogen-bond donors (Lipinski definition) is 0. The van der Waals surface area contributed by atoms with Crippen LogP contribution in [0.3, 0.4) is 0 Å². The molecule has 0 bridgehead atoms. The van der Waals surface area contributed by atoms with Gasteiger partial charge in [-0.2, -0.15) is 0 Å². The summed E-state index contributed by atoms with van der Waals surface area (Å²) in [6.45, 7) is 2.05. The molecule has 0 spiro atoms. The van der Waals surface area contributed by atoms with Gasteiger partial charge < -0.3 is 0 Å². The molecule has 24 heavy (non-hydrogen) atoms. The van der Waals surface area contributed by atoms with Gasteiger partial charge in [0.25, 0.3) is 0 Å². The van der Waals surface area contributed by atoms with Gasteiger partial charge in [0.15, 0.2) is 0 Å². The topological polar surface area (TPSA) is 3.24 Å². The molecule has 3 aromatic rings. The Kier molecular flexibility index (Phi) is 4.42. The highest BCUT2D eigenvalue weighted by atomic mass is 32.2. The van der Waals surface area contributed by atoms with E-state index in [1.165, 1.54) is 16.7 Å². The van der Waals surface area contributed by atoms with Crippen LogP contribution in [0.4, 0.5) is 0 Å². The number of hydrogen-bond acceptors (Lipinski definition) is 2. The van der Waals surface area contributed by atoms with Crippen molar-refractivity contribution in [2.45, 2.75) is 11.3 Å². The molecule has 1 fully saturated rings. The van der Waals surface area contributed by atoms with Gasteiger partial charge in [-0.1, -0.05) is 91.0 Å². The highest BCUT2D eigenvalue weighted by Crippen LogP contribution is 2.48. The fraction of sp³-hybridized carbons (Fsp3) is 0.182. The summed E-state index contributed by atoms with van der Waals surface area (Å²) >= 11 is 2.05. The lowest BCUT2D eigenvalue weighted by atomic mass is 9.89. The van der Waals surface area contributed by atoms with Crippen molar-refractivity contribution in [1.82, 2.24) is 4.90 Å². The molecule has 0 N–H and O–H groups in total. The van der Waals surface area contributed by atoms with E-state index in [0.29, 0.717) is 0 Å². The van der Waals surface area contributed by atoms with Crippen LogP contribution in [0.2, 0.25) is 0 Å². The predicted molar refractivity (Wildman–Crippen MR) is 103 cm³/mol. The van der Waals surface area contributed by atoms with Gasteiger partial charge in [0.05, 0.1) is 4.75 Å². The van der Waals surface area contributed by atoms with E-state index in [2.05, 4.69) is 95.9 Å². The molecule has 1 aliphatic heterocycles. The van der Waals surface area contributed by atoms with Gasteiger partial charge in [0.2, 0.25) is 0 Å².